The average Bonchev–Trinajstić information content (AvgIpc) is 3.85. The molecule has 6 heterocycles. The SMILES string of the molecule is O=C(Oc1ccc2c(c1)S(=O)(=O)NC1CCCN21)c1cccnc1.O=C(Oc1ccc2c(c1)S(=O)(=O)NC1CCCN21)c1ccco1. The molecule has 2 saturated heterocycles. The van der Waals surface area contributed by atoms with Gasteiger partial charge in [-0.15, -0.1) is 0 Å². The molecule has 2 fully saturated rings. The first-order valence-corrected chi connectivity index (χ1v) is 17.8. The van der Waals surface area contributed by atoms with Gasteiger partial charge in [0.05, 0.1) is 35.5 Å². The smallest absolute Gasteiger partial charge is 0.379 e. The van der Waals surface area contributed by atoms with Gasteiger partial charge >= 0.3 is 11.9 Å². The molecule has 0 radical (unpaired) electrons. The number of sulfonamides is 2. The van der Waals surface area contributed by atoms with E-state index in [4.69, 9.17) is 13.9 Å². The lowest BCUT2D eigenvalue weighted by Gasteiger charge is -2.33. The van der Waals surface area contributed by atoms with Crippen LogP contribution in [0.3, 0.4) is 0 Å². The molecule has 47 heavy (non-hydrogen) atoms. The quantitative estimate of drug-likeness (QED) is 0.238. The van der Waals surface area contributed by atoms with Crippen molar-refractivity contribution in [3.8, 4) is 11.5 Å². The number of fused-ring (bicyclic) bond motifs is 6. The Kier molecular flexibility index (Phi) is 7.95. The van der Waals surface area contributed by atoms with E-state index in [-0.39, 0.29) is 39.4 Å². The minimum Gasteiger partial charge on any atom is -0.457 e. The predicted molar refractivity (Wildman–Crippen MR) is 167 cm³/mol. The number of benzene rings is 2. The molecule has 0 saturated carbocycles. The fraction of sp³-hybridized carbons (Fsp3) is 0.258. The highest BCUT2D eigenvalue weighted by Crippen LogP contribution is 2.39. The zero-order valence-corrected chi connectivity index (χ0v) is 26.4. The number of anilines is 2. The van der Waals surface area contributed by atoms with Crippen LogP contribution in [-0.4, -0.2) is 59.2 Å². The molecule has 0 amide bonds. The molecule has 4 aliphatic heterocycles. The second-order valence-electron chi connectivity index (χ2n) is 11.2. The van der Waals surface area contributed by atoms with Crippen LogP contribution < -0.4 is 28.7 Å². The van der Waals surface area contributed by atoms with E-state index in [0.717, 1.165) is 38.8 Å². The Morgan fingerprint density at radius 1 is 0.766 bits per heavy atom. The molecule has 2 N–H and O–H groups in total. The minimum atomic E-state index is -3.61. The molecule has 2 unspecified atom stereocenters. The number of carbonyl (C=O) groups is 2. The Labute approximate surface area is 270 Å². The third-order valence-corrected chi connectivity index (χ3v) is 11.2. The number of carbonyl (C=O) groups excluding carboxylic acids is 2. The Morgan fingerprint density at radius 2 is 1.34 bits per heavy atom. The molecular formula is C31H29N5O9S2. The average molecular weight is 680 g/mol. The fourth-order valence-electron chi connectivity index (χ4n) is 6.06. The monoisotopic (exact) mass is 679 g/mol. The summed E-state index contributed by atoms with van der Waals surface area (Å²) in [6.07, 6.45) is 7.38. The van der Waals surface area contributed by atoms with E-state index in [1.165, 1.54) is 30.7 Å². The largest absolute Gasteiger partial charge is 0.457 e. The first-order chi connectivity index (χ1) is 22.6. The van der Waals surface area contributed by atoms with Crippen LogP contribution in [0.15, 0.2) is 93.5 Å². The number of aromatic nitrogens is 1. The summed E-state index contributed by atoms with van der Waals surface area (Å²) >= 11 is 0. The molecule has 0 aliphatic carbocycles. The lowest BCUT2D eigenvalue weighted by molar-refractivity contribution is 0.0698. The molecule has 2 atom stereocenters. The topological polar surface area (TPSA) is 177 Å². The van der Waals surface area contributed by atoms with Crippen LogP contribution in [0.4, 0.5) is 11.4 Å². The lowest BCUT2D eigenvalue weighted by atomic mass is 10.2. The van der Waals surface area contributed by atoms with Crippen molar-refractivity contribution in [1.29, 1.82) is 0 Å². The van der Waals surface area contributed by atoms with Crippen LogP contribution in [-0.2, 0) is 20.0 Å². The first-order valence-electron chi connectivity index (χ1n) is 14.8. The van der Waals surface area contributed by atoms with Gasteiger partial charge in [-0.25, -0.2) is 26.4 Å². The van der Waals surface area contributed by atoms with Gasteiger partial charge in [-0.1, -0.05) is 0 Å². The van der Waals surface area contributed by atoms with Crippen molar-refractivity contribution in [3.63, 3.8) is 0 Å². The van der Waals surface area contributed by atoms with Crippen LogP contribution in [0.25, 0.3) is 0 Å². The van der Waals surface area contributed by atoms with Gasteiger partial charge in [0.15, 0.2) is 0 Å². The van der Waals surface area contributed by atoms with Crippen LogP contribution >= 0.6 is 0 Å². The van der Waals surface area contributed by atoms with Crippen molar-refractivity contribution in [3.05, 3.63) is 90.6 Å². The second-order valence-corrected chi connectivity index (χ2v) is 14.6. The van der Waals surface area contributed by atoms with Gasteiger partial charge in [-0.3, -0.25) is 4.98 Å². The number of furan rings is 1. The van der Waals surface area contributed by atoms with Gasteiger partial charge < -0.3 is 23.7 Å². The summed E-state index contributed by atoms with van der Waals surface area (Å²) in [6, 6.07) is 15.6. The van der Waals surface area contributed by atoms with Crippen molar-refractivity contribution in [1.82, 2.24) is 14.4 Å². The van der Waals surface area contributed by atoms with Gasteiger partial charge in [-0.05, 0) is 74.2 Å². The predicted octanol–water partition coefficient (Wildman–Crippen LogP) is 3.24. The van der Waals surface area contributed by atoms with E-state index < -0.39 is 32.0 Å². The summed E-state index contributed by atoms with van der Waals surface area (Å²) in [6.45, 7) is 1.60. The van der Waals surface area contributed by atoms with Gasteiger partial charge in [0.25, 0.3) is 0 Å². The van der Waals surface area contributed by atoms with Gasteiger partial charge in [0, 0.05) is 37.6 Å². The number of pyridine rings is 1. The van der Waals surface area contributed by atoms with Crippen molar-refractivity contribution in [2.75, 3.05) is 22.9 Å². The third-order valence-electron chi connectivity index (χ3n) is 8.19. The Bertz CT molecular complexity index is 2060. The van der Waals surface area contributed by atoms with Crippen molar-refractivity contribution < 1.29 is 40.3 Å². The molecule has 2 aromatic heterocycles. The highest BCUT2D eigenvalue weighted by atomic mass is 32.2. The third kappa shape index (κ3) is 6.07. The Balaban J connectivity index is 0.000000150. The molecule has 0 bridgehead atoms. The van der Waals surface area contributed by atoms with Crippen LogP contribution in [0.5, 0.6) is 11.5 Å². The summed E-state index contributed by atoms with van der Waals surface area (Å²) in [4.78, 5) is 32.2. The maximum absolute atomic E-state index is 12.4. The summed E-state index contributed by atoms with van der Waals surface area (Å²) < 4.78 is 70.4. The molecule has 2 aromatic carbocycles. The molecule has 16 heteroatoms. The maximum atomic E-state index is 12.4. The van der Waals surface area contributed by atoms with E-state index in [9.17, 15) is 26.4 Å². The van der Waals surface area contributed by atoms with E-state index in [1.807, 2.05) is 9.80 Å². The molecule has 4 aliphatic rings. The van der Waals surface area contributed by atoms with E-state index in [0.29, 0.717) is 16.9 Å². The van der Waals surface area contributed by atoms with E-state index in [2.05, 4.69) is 14.4 Å². The second kappa shape index (κ2) is 12.1. The minimum absolute atomic E-state index is 0.0586. The standard InChI is InChI=1S/C16H15N3O4S.C15H14N2O5S/c20-16(11-3-1-7-17-10-11)23-12-5-6-13-14(9-12)24(21,22)18-15-4-2-8-19(13)15;18-15(12-3-2-8-21-12)22-10-5-6-11-13(9-10)23(19,20)16-14-4-1-7-17(11)14/h1,3,5-7,9-10,15,18H,2,4,8H2;2-3,5-6,8-9,14,16H,1,4,7H2. The van der Waals surface area contributed by atoms with E-state index >= 15 is 0 Å². The number of hydrogen-bond acceptors (Lipinski definition) is 12. The molecule has 4 aromatic rings. The van der Waals surface area contributed by atoms with Gasteiger partial charge in [0.1, 0.15) is 21.3 Å². The first kappa shape index (κ1) is 30.9. The highest BCUT2D eigenvalue weighted by Gasteiger charge is 2.39. The van der Waals surface area contributed by atoms with Crippen molar-refractivity contribution in [2.24, 2.45) is 0 Å². The van der Waals surface area contributed by atoms with Crippen molar-refractivity contribution >= 4 is 43.4 Å². The summed E-state index contributed by atoms with van der Waals surface area (Å²) in [5.74, 6) is -0.847. The molecular weight excluding hydrogens is 651 g/mol. The van der Waals surface area contributed by atoms with Crippen LogP contribution in [0.2, 0.25) is 0 Å². The fourth-order valence-corrected chi connectivity index (χ4v) is 8.99. The summed E-state index contributed by atoms with van der Waals surface area (Å²) in [5, 5.41) is 0. The van der Waals surface area contributed by atoms with Gasteiger partial charge in [-0.2, -0.15) is 9.44 Å². The molecule has 14 nitrogen and oxygen atoms in total. The van der Waals surface area contributed by atoms with E-state index in [1.54, 1.807) is 48.7 Å². The number of hydrogen-bond donors (Lipinski definition) is 2. The Morgan fingerprint density at radius 3 is 1.85 bits per heavy atom. The zero-order valence-electron chi connectivity index (χ0n) is 24.7. The summed E-state index contributed by atoms with van der Waals surface area (Å²) in [5.41, 5.74) is 1.59. The highest BCUT2D eigenvalue weighted by molar-refractivity contribution is 7.90. The number of nitrogens with zero attached hydrogens (tertiary/aromatic N) is 3. The zero-order chi connectivity index (χ0) is 32.8. The van der Waals surface area contributed by atoms with Crippen molar-refractivity contribution in [2.45, 2.75) is 47.8 Å². The summed E-state index contributed by atoms with van der Waals surface area (Å²) in [7, 11) is -7.23. The molecule has 244 valence electrons. The lowest BCUT2D eigenvalue weighted by Crippen LogP contribution is -2.48. The van der Waals surface area contributed by atoms with Crippen LogP contribution in [0.1, 0.15) is 46.6 Å². The Hall–Kier alpha value is -4.77. The van der Waals surface area contributed by atoms with Gasteiger partial charge in [0.2, 0.25) is 25.8 Å². The molecule has 8 rings (SSSR count). The number of ether oxygens (including phenoxy) is 2. The number of rotatable bonds is 4. The number of esters is 2. The molecule has 0 spiro atoms. The maximum Gasteiger partial charge on any atom is 0.379 e. The normalized spacial score (nSPS) is 21.3. The number of nitrogens with one attached hydrogen (secondary N) is 2. The van der Waals surface area contributed by atoms with Crippen LogP contribution in [0, 0.1) is 0 Å².